The first-order valence-electron chi connectivity index (χ1n) is 4.66. The second kappa shape index (κ2) is 3.96. The van der Waals surface area contributed by atoms with Gasteiger partial charge in [-0.3, -0.25) is 4.79 Å². The number of carbonyl (C=O) groups is 1. The first-order valence-corrected chi connectivity index (χ1v) is 5.04. The first kappa shape index (κ1) is 9.46. The lowest BCUT2D eigenvalue weighted by atomic mass is 10.2. The molecule has 1 aliphatic rings. The van der Waals surface area contributed by atoms with Gasteiger partial charge in [0.15, 0.2) is 0 Å². The zero-order chi connectivity index (χ0) is 9.97. The van der Waals surface area contributed by atoms with Crippen LogP contribution in [0.4, 0.5) is 0 Å². The molecule has 1 aromatic heterocycles. The van der Waals surface area contributed by atoms with Gasteiger partial charge in [-0.15, -0.1) is 0 Å². The number of hydrogen-bond acceptors (Lipinski definition) is 2. The quantitative estimate of drug-likeness (QED) is 0.774. The maximum Gasteiger partial charge on any atom is 0.254 e. The van der Waals surface area contributed by atoms with E-state index in [2.05, 4.69) is 10.3 Å². The van der Waals surface area contributed by atoms with Crippen LogP contribution < -0.4 is 5.32 Å². The van der Waals surface area contributed by atoms with Gasteiger partial charge >= 0.3 is 0 Å². The molecule has 0 aromatic carbocycles. The minimum Gasteiger partial charge on any atom is -0.352 e. The van der Waals surface area contributed by atoms with E-state index >= 15 is 0 Å². The van der Waals surface area contributed by atoms with Crippen molar-refractivity contribution in [3.8, 4) is 0 Å². The van der Waals surface area contributed by atoms with Crippen LogP contribution in [-0.2, 0) is 0 Å². The molecule has 74 valence electrons. The van der Waals surface area contributed by atoms with Gasteiger partial charge in [0.1, 0.15) is 5.15 Å². The predicted octanol–water partition coefficient (Wildman–Crippen LogP) is 1.87. The summed E-state index contributed by atoms with van der Waals surface area (Å²) in [7, 11) is 0. The van der Waals surface area contributed by atoms with Crippen LogP contribution in [0.5, 0.6) is 0 Å². The van der Waals surface area contributed by atoms with E-state index < -0.39 is 0 Å². The predicted molar refractivity (Wildman–Crippen MR) is 54.3 cm³/mol. The van der Waals surface area contributed by atoms with Gasteiger partial charge in [-0.2, -0.15) is 0 Å². The third kappa shape index (κ3) is 2.23. The van der Waals surface area contributed by atoms with Gasteiger partial charge in [0.25, 0.3) is 5.91 Å². The normalized spacial score (nSPS) is 15.2. The fourth-order valence-corrected chi connectivity index (χ4v) is 1.41. The molecule has 3 nitrogen and oxygen atoms in total. The van der Waals surface area contributed by atoms with Crippen LogP contribution >= 0.6 is 11.6 Å². The summed E-state index contributed by atoms with van der Waals surface area (Å²) in [5.74, 6) is 0.546. The van der Waals surface area contributed by atoms with Crippen LogP contribution in [-0.4, -0.2) is 17.4 Å². The van der Waals surface area contributed by atoms with E-state index in [0.717, 1.165) is 6.54 Å². The van der Waals surface area contributed by atoms with Crippen molar-refractivity contribution in [3.05, 3.63) is 29.0 Å². The molecular formula is C10H11ClN2O. The molecule has 1 aliphatic carbocycles. The third-order valence-corrected chi connectivity index (χ3v) is 2.55. The number of halogens is 1. The summed E-state index contributed by atoms with van der Waals surface area (Å²) < 4.78 is 0. The molecule has 0 unspecified atom stereocenters. The van der Waals surface area contributed by atoms with Crippen LogP contribution in [0.1, 0.15) is 23.2 Å². The molecule has 0 aliphatic heterocycles. The summed E-state index contributed by atoms with van der Waals surface area (Å²) in [5, 5.41) is 3.10. The molecular weight excluding hydrogens is 200 g/mol. The molecule has 14 heavy (non-hydrogen) atoms. The van der Waals surface area contributed by atoms with Crippen LogP contribution in [0.2, 0.25) is 5.15 Å². The Kier molecular flexibility index (Phi) is 2.68. The van der Waals surface area contributed by atoms with Crippen molar-refractivity contribution >= 4 is 17.5 Å². The molecule has 0 radical (unpaired) electrons. The number of nitrogens with one attached hydrogen (secondary N) is 1. The van der Waals surface area contributed by atoms with Crippen LogP contribution in [0.15, 0.2) is 18.3 Å². The lowest BCUT2D eigenvalue weighted by molar-refractivity contribution is 0.0951. The van der Waals surface area contributed by atoms with Crippen molar-refractivity contribution in [1.29, 1.82) is 0 Å². The van der Waals surface area contributed by atoms with E-state index in [4.69, 9.17) is 11.6 Å². The van der Waals surface area contributed by atoms with Crippen molar-refractivity contribution in [3.63, 3.8) is 0 Å². The first-order chi connectivity index (χ1) is 6.77. The second-order valence-corrected chi connectivity index (χ2v) is 3.85. The maximum absolute atomic E-state index is 11.6. The maximum atomic E-state index is 11.6. The summed E-state index contributed by atoms with van der Waals surface area (Å²) >= 11 is 5.78. The van der Waals surface area contributed by atoms with E-state index in [0.29, 0.717) is 11.5 Å². The van der Waals surface area contributed by atoms with Gasteiger partial charge in [0.2, 0.25) is 0 Å². The van der Waals surface area contributed by atoms with Gasteiger partial charge in [0, 0.05) is 12.7 Å². The number of amides is 1. The smallest absolute Gasteiger partial charge is 0.254 e. The molecule has 0 spiro atoms. The standard InChI is InChI=1S/C10H11ClN2O/c11-9-8(2-1-5-12-9)10(14)13-6-7-3-4-7/h1-2,5,7H,3-4,6H2,(H,13,14). The lowest BCUT2D eigenvalue weighted by Crippen LogP contribution is -2.25. The number of hydrogen-bond donors (Lipinski definition) is 1. The number of aromatic nitrogens is 1. The van der Waals surface area contributed by atoms with Gasteiger partial charge in [0.05, 0.1) is 5.56 Å². The molecule has 0 bridgehead atoms. The summed E-state index contributed by atoms with van der Waals surface area (Å²) in [6.45, 7) is 0.754. The van der Waals surface area contributed by atoms with Crippen molar-refractivity contribution in [2.24, 2.45) is 5.92 Å². The largest absolute Gasteiger partial charge is 0.352 e. The summed E-state index contributed by atoms with van der Waals surface area (Å²) in [4.78, 5) is 15.4. The molecule has 1 saturated carbocycles. The van der Waals surface area contributed by atoms with Crippen molar-refractivity contribution < 1.29 is 4.79 Å². The second-order valence-electron chi connectivity index (χ2n) is 3.50. The highest BCUT2D eigenvalue weighted by Gasteiger charge is 2.22. The zero-order valence-electron chi connectivity index (χ0n) is 7.66. The highest BCUT2D eigenvalue weighted by molar-refractivity contribution is 6.32. The SMILES string of the molecule is O=C(NCC1CC1)c1cccnc1Cl. The highest BCUT2D eigenvalue weighted by atomic mass is 35.5. The number of rotatable bonds is 3. The minimum absolute atomic E-state index is 0.130. The van der Waals surface area contributed by atoms with Gasteiger partial charge < -0.3 is 5.32 Å². The Morgan fingerprint density at radius 1 is 1.64 bits per heavy atom. The molecule has 0 atom stereocenters. The molecule has 1 aromatic rings. The molecule has 1 fully saturated rings. The molecule has 2 rings (SSSR count). The fraction of sp³-hybridized carbons (Fsp3) is 0.400. The molecule has 0 saturated heterocycles. The number of carbonyl (C=O) groups excluding carboxylic acids is 1. The fourth-order valence-electron chi connectivity index (χ4n) is 1.21. The Bertz CT molecular complexity index is 350. The Balaban J connectivity index is 1.98. The third-order valence-electron chi connectivity index (χ3n) is 2.25. The Hall–Kier alpha value is -1.09. The van der Waals surface area contributed by atoms with Crippen molar-refractivity contribution in [2.75, 3.05) is 6.54 Å². The minimum atomic E-state index is -0.130. The van der Waals surface area contributed by atoms with E-state index in [1.807, 2.05) is 0 Å². The summed E-state index contributed by atoms with van der Waals surface area (Å²) in [6.07, 6.45) is 4.02. The number of nitrogens with zero attached hydrogens (tertiary/aromatic N) is 1. The molecule has 1 heterocycles. The van der Waals surface area contributed by atoms with E-state index in [9.17, 15) is 4.79 Å². The molecule has 4 heteroatoms. The average molecular weight is 211 g/mol. The van der Waals surface area contributed by atoms with Crippen molar-refractivity contribution in [2.45, 2.75) is 12.8 Å². The van der Waals surface area contributed by atoms with Gasteiger partial charge in [-0.05, 0) is 30.9 Å². The Morgan fingerprint density at radius 2 is 2.43 bits per heavy atom. The Labute approximate surface area is 87.5 Å². The van der Waals surface area contributed by atoms with Gasteiger partial charge in [-0.25, -0.2) is 4.98 Å². The molecule has 1 N–H and O–H groups in total. The summed E-state index contributed by atoms with van der Waals surface area (Å²) in [6, 6.07) is 3.38. The topological polar surface area (TPSA) is 42.0 Å². The van der Waals surface area contributed by atoms with Gasteiger partial charge in [-0.1, -0.05) is 11.6 Å². The van der Waals surface area contributed by atoms with Crippen LogP contribution in [0.25, 0.3) is 0 Å². The monoisotopic (exact) mass is 210 g/mol. The van der Waals surface area contributed by atoms with E-state index in [1.54, 1.807) is 18.3 Å². The zero-order valence-corrected chi connectivity index (χ0v) is 8.42. The van der Waals surface area contributed by atoms with E-state index in [-0.39, 0.29) is 11.1 Å². The van der Waals surface area contributed by atoms with Crippen LogP contribution in [0, 0.1) is 5.92 Å². The number of pyridine rings is 1. The summed E-state index contributed by atoms with van der Waals surface area (Å²) in [5.41, 5.74) is 0.454. The highest BCUT2D eigenvalue weighted by Crippen LogP contribution is 2.27. The van der Waals surface area contributed by atoms with Crippen molar-refractivity contribution in [1.82, 2.24) is 10.3 Å². The average Bonchev–Trinajstić information content (AvgIpc) is 2.98. The van der Waals surface area contributed by atoms with Crippen LogP contribution in [0.3, 0.4) is 0 Å². The Morgan fingerprint density at radius 3 is 3.07 bits per heavy atom. The molecule has 1 amide bonds. The lowest BCUT2D eigenvalue weighted by Gasteiger charge is -2.04. The van der Waals surface area contributed by atoms with E-state index in [1.165, 1.54) is 12.8 Å².